The van der Waals surface area contributed by atoms with Crippen LogP contribution in [0.2, 0.25) is 0 Å². The van der Waals surface area contributed by atoms with E-state index < -0.39 is 0 Å². The molecule has 30 heavy (non-hydrogen) atoms. The molecular formula is C27H33NO2. The van der Waals surface area contributed by atoms with Crippen LogP contribution < -0.4 is 0 Å². The van der Waals surface area contributed by atoms with Gasteiger partial charge in [0.2, 0.25) is 5.91 Å². The maximum atomic E-state index is 13.1. The highest BCUT2D eigenvalue weighted by Crippen LogP contribution is 2.23. The second-order valence-corrected chi connectivity index (χ2v) is 7.89. The number of nitrogens with zero attached hydrogens (tertiary/aromatic N) is 1. The van der Waals surface area contributed by atoms with Crippen LogP contribution in [0.3, 0.4) is 0 Å². The van der Waals surface area contributed by atoms with Crippen LogP contribution in [0.25, 0.3) is 11.1 Å². The molecule has 2 atom stereocenters. The van der Waals surface area contributed by atoms with Gasteiger partial charge in [0.1, 0.15) is 6.29 Å². The van der Waals surface area contributed by atoms with Crippen LogP contribution in [-0.2, 0) is 16.1 Å². The van der Waals surface area contributed by atoms with Crippen LogP contribution in [0, 0.1) is 23.7 Å². The van der Waals surface area contributed by atoms with E-state index in [9.17, 15) is 9.59 Å². The number of hydrogen-bond donors (Lipinski definition) is 0. The first-order chi connectivity index (χ1) is 14.5. The minimum atomic E-state index is -0.0263. The van der Waals surface area contributed by atoms with Gasteiger partial charge in [-0.3, -0.25) is 4.79 Å². The van der Waals surface area contributed by atoms with Gasteiger partial charge in [0, 0.05) is 18.0 Å². The molecule has 3 heteroatoms. The summed E-state index contributed by atoms with van der Waals surface area (Å²) in [7, 11) is 0. The van der Waals surface area contributed by atoms with Gasteiger partial charge in [-0.1, -0.05) is 69.5 Å². The van der Waals surface area contributed by atoms with E-state index in [4.69, 9.17) is 0 Å². The Morgan fingerprint density at radius 1 is 1.07 bits per heavy atom. The van der Waals surface area contributed by atoms with Crippen LogP contribution in [0.1, 0.15) is 58.1 Å². The largest absolute Gasteiger partial charge is 0.331 e. The zero-order valence-corrected chi connectivity index (χ0v) is 18.7. The number of amides is 1. The van der Waals surface area contributed by atoms with Gasteiger partial charge in [0.15, 0.2) is 0 Å². The van der Waals surface area contributed by atoms with Crippen molar-refractivity contribution in [2.45, 2.75) is 53.5 Å². The summed E-state index contributed by atoms with van der Waals surface area (Å²) in [5.74, 6) is 6.58. The first kappa shape index (κ1) is 23.4. The fourth-order valence-electron chi connectivity index (χ4n) is 3.62. The highest BCUT2D eigenvalue weighted by atomic mass is 16.2. The molecule has 0 saturated heterocycles. The molecule has 3 nitrogen and oxygen atoms in total. The standard InChI is InChI=1S/C27H33NO2/c1-5-9-22-10-8-11-26(19-22)25-14-12-23(13-15-25)20-28(16-17-29)27(30)24(7-3)18-21(4)6-2/h8,10-15,17,19,21,24H,6-7,16,18,20H2,1-4H3. The van der Waals surface area contributed by atoms with E-state index in [0.29, 0.717) is 12.5 Å². The van der Waals surface area contributed by atoms with Gasteiger partial charge < -0.3 is 9.69 Å². The van der Waals surface area contributed by atoms with Crippen molar-refractivity contribution in [2.24, 2.45) is 11.8 Å². The third-order valence-corrected chi connectivity index (χ3v) is 5.63. The minimum Gasteiger partial charge on any atom is -0.331 e. The number of carbonyl (C=O) groups is 2. The lowest BCUT2D eigenvalue weighted by atomic mass is 9.91. The number of carbonyl (C=O) groups excluding carboxylic acids is 2. The van der Waals surface area contributed by atoms with Crippen molar-refractivity contribution in [3.63, 3.8) is 0 Å². The van der Waals surface area contributed by atoms with Gasteiger partial charge in [-0.25, -0.2) is 0 Å². The van der Waals surface area contributed by atoms with Crippen LogP contribution >= 0.6 is 0 Å². The molecule has 2 unspecified atom stereocenters. The topological polar surface area (TPSA) is 37.4 Å². The summed E-state index contributed by atoms with van der Waals surface area (Å²) in [6.07, 6.45) is 3.55. The summed E-state index contributed by atoms with van der Waals surface area (Å²) in [5.41, 5.74) is 4.24. The summed E-state index contributed by atoms with van der Waals surface area (Å²) < 4.78 is 0. The van der Waals surface area contributed by atoms with E-state index in [0.717, 1.165) is 47.8 Å². The Morgan fingerprint density at radius 3 is 2.40 bits per heavy atom. The average Bonchev–Trinajstić information content (AvgIpc) is 2.77. The minimum absolute atomic E-state index is 0.0263. The molecule has 2 aromatic carbocycles. The Hall–Kier alpha value is -2.86. The first-order valence-electron chi connectivity index (χ1n) is 10.9. The van der Waals surface area contributed by atoms with Gasteiger partial charge in [-0.2, -0.15) is 0 Å². The zero-order valence-electron chi connectivity index (χ0n) is 18.7. The van der Waals surface area contributed by atoms with Crippen LogP contribution in [0.4, 0.5) is 0 Å². The SMILES string of the molecule is CC#Cc1cccc(-c2ccc(CN(CC=O)C(=O)C(CC)CC(C)CC)cc2)c1. The molecule has 1 amide bonds. The maximum absolute atomic E-state index is 13.1. The predicted octanol–water partition coefficient (Wildman–Crippen LogP) is 5.71. The summed E-state index contributed by atoms with van der Waals surface area (Å²) in [4.78, 5) is 26.0. The molecule has 2 rings (SSSR count). The van der Waals surface area contributed by atoms with Crippen molar-refractivity contribution in [2.75, 3.05) is 6.54 Å². The van der Waals surface area contributed by atoms with Crippen LogP contribution in [0.5, 0.6) is 0 Å². The van der Waals surface area contributed by atoms with E-state index >= 15 is 0 Å². The maximum Gasteiger partial charge on any atom is 0.226 e. The third kappa shape index (κ3) is 6.59. The third-order valence-electron chi connectivity index (χ3n) is 5.63. The Balaban J connectivity index is 2.15. The van der Waals surface area contributed by atoms with Gasteiger partial charge in [0.05, 0.1) is 6.54 Å². The smallest absolute Gasteiger partial charge is 0.226 e. The van der Waals surface area contributed by atoms with Crippen molar-refractivity contribution in [3.8, 4) is 23.0 Å². The molecule has 0 radical (unpaired) electrons. The first-order valence-corrected chi connectivity index (χ1v) is 10.9. The van der Waals surface area contributed by atoms with Crippen molar-refractivity contribution < 1.29 is 9.59 Å². The lowest BCUT2D eigenvalue weighted by molar-refractivity contribution is -0.138. The summed E-state index contributed by atoms with van der Waals surface area (Å²) >= 11 is 0. The summed E-state index contributed by atoms with van der Waals surface area (Å²) in [6.45, 7) is 8.80. The number of rotatable bonds is 10. The Kier molecular flexibility index (Phi) is 9.35. The lowest BCUT2D eigenvalue weighted by Crippen LogP contribution is -2.37. The monoisotopic (exact) mass is 403 g/mol. The zero-order chi connectivity index (χ0) is 21.9. The normalized spacial score (nSPS) is 12.4. The van der Waals surface area contributed by atoms with Gasteiger partial charge in [-0.15, -0.1) is 5.92 Å². The van der Waals surface area contributed by atoms with Gasteiger partial charge in [-0.05, 0) is 54.5 Å². The van der Waals surface area contributed by atoms with Gasteiger partial charge >= 0.3 is 0 Å². The highest BCUT2D eigenvalue weighted by molar-refractivity contribution is 5.81. The quantitative estimate of drug-likeness (QED) is 0.376. The molecule has 0 N–H and O–H groups in total. The van der Waals surface area contributed by atoms with E-state index in [2.05, 4.69) is 56.9 Å². The molecule has 158 valence electrons. The van der Waals surface area contributed by atoms with E-state index in [1.54, 1.807) is 4.90 Å². The molecule has 0 aliphatic carbocycles. The molecular weight excluding hydrogens is 370 g/mol. The average molecular weight is 404 g/mol. The predicted molar refractivity (Wildman–Crippen MR) is 124 cm³/mol. The second kappa shape index (κ2) is 12.0. The molecule has 0 bridgehead atoms. The second-order valence-electron chi connectivity index (χ2n) is 7.89. The lowest BCUT2D eigenvalue weighted by Gasteiger charge is -2.27. The van der Waals surface area contributed by atoms with E-state index in [-0.39, 0.29) is 18.4 Å². The molecule has 0 saturated carbocycles. The molecule has 0 aromatic heterocycles. The Morgan fingerprint density at radius 2 is 1.80 bits per heavy atom. The molecule has 0 heterocycles. The number of benzene rings is 2. The molecule has 0 aliphatic rings. The molecule has 0 spiro atoms. The van der Waals surface area contributed by atoms with Crippen LogP contribution in [-0.4, -0.2) is 23.6 Å². The van der Waals surface area contributed by atoms with Crippen LogP contribution in [0.15, 0.2) is 48.5 Å². The fraction of sp³-hybridized carbons (Fsp3) is 0.407. The van der Waals surface area contributed by atoms with E-state index in [1.807, 2.05) is 31.2 Å². The van der Waals surface area contributed by atoms with Crippen molar-refractivity contribution >= 4 is 12.2 Å². The fourth-order valence-corrected chi connectivity index (χ4v) is 3.62. The molecule has 2 aromatic rings. The van der Waals surface area contributed by atoms with Crippen molar-refractivity contribution in [1.82, 2.24) is 4.90 Å². The van der Waals surface area contributed by atoms with Crippen molar-refractivity contribution in [3.05, 3.63) is 59.7 Å². The van der Waals surface area contributed by atoms with E-state index in [1.165, 1.54) is 0 Å². The Labute approximate surface area is 181 Å². The number of aldehydes is 1. The summed E-state index contributed by atoms with van der Waals surface area (Å²) in [6, 6.07) is 16.4. The summed E-state index contributed by atoms with van der Waals surface area (Å²) in [5, 5.41) is 0. The molecule has 0 fully saturated rings. The highest BCUT2D eigenvalue weighted by Gasteiger charge is 2.24. The van der Waals surface area contributed by atoms with Gasteiger partial charge in [0.25, 0.3) is 0 Å². The van der Waals surface area contributed by atoms with Crippen molar-refractivity contribution in [1.29, 1.82) is 0 Å². The Bertz CT molecular complexity index is 889. The molecule has 0 aliphatic heterocycles. The number of hydrogen-bond acceptors (Lipinski definition) is 2.